The Bertz CT molecular complexity index is 317. The number of nitrogens with one attached hydrogen (secondary N) is 1. The van der Waals surface area contributed by atoms with E-state index < -0.39 is 0 Å². The third-order valence-electron chi connectivity index (χ3n) is 2.92. The molecule has 0 spiro atoms. The predicted octanol–water partition coefficient (Wildman–Crippen LogP) is 3.05. The molecule has 0 saturated carbocycles. The minimum atomic E-state index is -0.0637. The molecule has 1 rings (SSSR count). The molecule has 1 unspecified atom stereocenters. The van der Waals surface area contributed by atoms with E-state index in [4.69, 9.17) is 9.15 Å². The molecule has 16 heavy (non-hydrogen) atoms. The molecule has 0 radical (unpaired) electrons. The Balaban J connectivity index is 2.33. The van der Waals surface area contributed by atoms with Crippen LogP contribution in [-0.2, 0) is 4.74 Å². The third-order valence-corrected chi connectivity index (χ3v) is 2.92. The summed E-state index contributed by atoms with van der Waals surface area (Å²) in [5.74, 6) is 1.95. The molecule has 0 aromatic carbocycles. The van der Waals surface area contributed by atoms with Crippen molar-refractivity contribution in [1.29, 1.82) is 0 Å². The molecule has 0 aliphatic carbocycles. The van der Waals surface area contributed by atoms with Gasteiger partial charge in [-0.05, 0) is 52.8 Å². The molecule has 1 atom stereocenters. The molecule has 1 aromatic rings. The van der Waals surface area contributed by atoms with Gasteiger partial charge in [0.05, 0.1) is 11.6 Å². The van der Waals surface area contributed by atoms with Crippen molar-refractivity contribution < 1.29 is 9.15 Å². The number of hydrogen-bond acceptors (Lipinski definition) is 3. The van der Waals surface area contributed by atoms with Crippen LogP contribution in [0, 0.1) is 6.92 Å². The van der Waals surface area contributed by atoms with Crippen LogP contribution in [0.2, 0.25) is 0 Å². The van der Waals surface area contributed by atoms with E-state index in [1.165, 1.54) is 0 Å². The maximum atomic E-state index is 5.56. The Morgan fingerprint density at radius 1 is 1.44 bits per heavy atom. The maximum absolute atomic E-state index is 5.56. The smallest absolute Gasteiger partial charge is 0.120 e. The summed E-state index contributed by atoms with van der Waals surface area (Å²) in [7, 11) is 1.75. The van der Waals surface area contributed by atoms with Crippen LogP contribution in [-0.4, -0.2) is 19.3 Å². The lowest BCUT2D eigenvalue weighted by atomic mass is 10.1. The highest BCUT2D eigenvalue weighted by Crippen LogP contribution is 2.17. The second-order valence-corrected chi connectivity index (χ2v) is 4.84. The lowest BCUT2D eigenvalue weighted by Crippen LogP contribution is -2.30. The number of ether oxygens (including phenoxy) is 1. The molecule has 3 heteroatoms. The number of furan rings is 1. The predicted molar refractivity (Wildman–Crippen MR) is 65.6 cm³/mol. The van der Waals surface area contributed by atoms with Gasteiger partial charge in [0, 0.05) is 7.11 Å². The van der Waals surface area contributed by atoms with Crippen molar-refractivity contribution in [3.63, 3.8) is 0 Å². The van der Waals surface area contributed by atoms with E-state index in [1.54, 1.807) is 7.11 Å². The minimum absolute atomic E-state index is 0.0637. The van der Waals surface area contributed by atoms with E-state index >= 15 is 0 Å². The zero-order valence-corrected chi connectivity index (χ0v) is 11.0. The molecular weight excluding hydrogens is 202 g/mol. The van der Waals surface area contributed by atoms with Crippen molar-refractivity contribution >= 4 is 0 Å². The second kappa shape index (κ2) is 5.51. The van der Waals surface area contributed by atoms with E-state index in [-0.39, 0.29) is 11.6 Å². The van der Waals surface area contributed by atoms with Crippen LogP contribution >= 0.6 is 0 Å². The van der Waals surface area contributed by atoms with E-state index in [1.807, 2.05) is 19.1 Å². The van der Waals surface area contributed by atoms with Gasteiger partial charge >= 0.3 is 0 Å². The summed E-state index contributed by atoms with van der Waals surface area (Å²) in [6.07, 6.45) is 0.980. The van der Waals surface area contributed by atoms with Crippen LogP contribution in [0.5, 0.6) is 0 Å². The van der Waals surface area contributed by atoms with Crippen LogP contribution in [0.1, 0.15) is 44.8 Å². The quantitative estimate of drug-likeness (QED) is 0.808. The summed E-state index contributed by atoms with van der Waals surface area (Å²) in [4.78, 5) is 0. The first kappa shape index (κ1) is 13.3. The summed E-state index contributed by atoms with van der Waals surface area (Å²) in [6, 6.07) is 4.27. The van der Waals surface area contributed by atoms with Crippen molar-refractivity contribution in [2.24, 2.45) is 0 Å². The standard InChI is InChI=1S/C13H23NO2/c1-10-6-7-12(16-10)11(2)14-9-8-13(3,4)15-5/h6-7,11,14H,8-9H2,1-5H3. The highest BCUT2D eigenvalue weighted by atomic mass is 16.5. The average molecular weight is 225 g/mol. The fourth-order valence-electron chi connectivity index (χ4n) is 1.48. The zero-order valence-electron chi connectivity index (χ0n) is 11.0. The second-order valence-electron chi connectivity index (χ2n) is 4.84. The van der Waals surface area contributed by atoms with Crippen molar-refractivity contribution in [2.75, 3.05) is 13.7 Å². The SMILES string of the molecule is COC(C)(C)CCNC(C)c1ccc(C)o1. The van der Waals surface area contributed by atoms with Crippen molar-refractivity contribution in [2.45, 2.75) is 45.8 Å². The van der Waals surface area contributed by atoms with Crippen LogP contribution in [0.25, 0.3) is 0 Å². The molecule has 92 valence electrons. The summed E-state index contributed by atoms with van der Waals surface area (Å²) in [6.45, 7) is 9.18. The van der Waals surface area contributed by atoms with Gasteiger partial charge < -0.3 is 14.5 Å². The van der Waals surface area contributed by atoms with Crippen LogP contribution in [0.4, 0.5) is 0 Å². The summed E-state index contributed by atoms with van der Waals surface area (Å²) in [5.41, 5.74) is -0.0637. The molecule has 0 bridgehead atoms. The van der Waals surface area contributed by atoms with Gasteiger partial charge in [0.25, 0.3) is 0 Å². The van der Waals surface area contributed by atoms with Crippen molar-refractivity contribution in [1.82, 2.24) is 5.32 Å². The highest BCUT2D eigenvalue weighted by Gasteiger charge is 2.16. The Kier molecular flexibility index (Phi) is 4.56. The zero-order chi connectivity index (χ0) is 12.2. The van der Waals surface area contributed by atoms with Gasteiger partial charge in [0.1, 0.15) is 11.5 Å². The van der Waals surface area contributed by atoms with Crippen molar-refractivity contribution in [3.05, 3.63) is 23.7 Å². The molecule has 0 aliphatic rings. The van der Waals surface area contributed by atoms with Gasteiger partial charge in [0.2, 0.25) is 0 Å². The fourth-order valence-corrected chi connectivity index (χ4v) is 1.48. The topological polar surface area (TPSA) is 34.4 Å². The van der Waals surface area contributed by atoms with Gasteiger partial charge in [-0.3, -0.25) is 0 Å². The van der Waals surface area contributed by atoms with Crippen LogP contribution in [0.3, 0.4) is 0 Å². The first-order valence-electron chi connectivity index (χ1n) is 5.79. The molecule has 0 fully saturated rings. The highest BCUT2D eigenvalue weighted by molar-refractivity contribution is 5.08. The van der Waals surface area contributed by atoms with Crippen LogP contribution < -0.4 is 5.32 Å². The summed E-state index contributed by atoms with van der Waals surface area (Å²) < 4.78 is 10.9. The Hall–Kier alpha value is -0.800. The Labute approximate surface area is 98.2 Å². The van der Waals surface area contributed by atoms with E-state index in [0.29, 0.717) is 0 Å². The lowest BCUT2D eigenvalue weighted by molar-refractivity contribution is 0.0153. The number of rotatable bonds is 6. The molecule has 1 heterocycles. The van der Waals surface area contributed by atoms with Crippen molar-refractivity contribution in [3.8, 4) is 0 Å². The fraction of sp³-hybridized carbons (Fsp3) is 0.692. The lowest BCUT2D eigenvalue weighted by Gasteiger charge is -2.23. The third kappa shape index (κ3) is 3.99. The monoisotopic (exact) mass is 225 g/mol. The van der Waals surface area contributed by atoms with E-state index in [0.717, 1.165) is 24.5 Å². The van der Waals surface area contributed by atoms with E-state index in [9.17, 15) is 0 Å². The minimum Gasteiger partial charge on any atom is -0.465 e. The Morgan fingerprint density at radius 2 is 2.12 bits per heavy atom. The first-order chi connectivity index (χ1) is 7.44. The molecule has 0 aliphatic heterocycles. The number of hydrogen-bond donors (Lipinski definition) is 1. The first-order valence-corrected chi connectivity index (χ1v) is 5.79. The number of aryl methyl sites for hydroxylation is 1. The molecule has 1 aromatic heterocycles. The molecular formula is C13H23NO2. The molecule has 1 N–H and O–H groups in total. The van der Waals surface area contributed by atoms with Gasteiger partial charge in [-0.1, -0.05) is 0 Å². The normalized spacial score (nSPS) is 14.1. The Morgan fingerprint density at radius 3 is 2.62 bits per heavy atom. The van der Waals surface area contributed by atoms with Gasteiger partial charge in [-0.25, -0.2) is 0 Å². The summed E-state index contributed by atoms with van der Waals surface area (Å²) >= 11 is 0. The molecule has 3 nitrogen and oxygen atoms in total. The number of methoxy groups -OCH3 is 1. The van der Waals surface area contributed by atoms with E-state index in [2.05, 4.69) is 26.1 Å². The van der Waals surface area contributed by atoms with Gasteiger partial charge in [0.15, 0.2) is 0 Å². The largest absolute Gasteiger partial charge is 0.465 e. The summed E-state index contributed by atoms with van der Waals surface area (Å²) in [5, 5.41) is 3.43. The van der Waals surface area contributed by atoms with Gasteiger partial charge in [-0.2, -0.15) is 0 Å². The average Bonchev–Trinajstić information content (AvgIpc) is 2.64. The molecule has 0 amide bonds. The molecule has 0 saturated heterocycles. The van der Waals surface area contributed by atoms with Gasteiger partial charge in [-0.15, -0.1) is 0 Å². The maximum Gasteiger partial charge on any atom is 0.120 e. The van der Waals surface area contributed by atoms with Crippen LogP contribution in [0.15, 0.2) is 16.5 Å².